The Balaban J connectivity index is 2.47. The summed E-state index contributed by atoms with van der Waals surface area (Å²) in [6.07, 6.45) is -4.42. The zero-order valence-electron chi connectivity index (χ0n) is 9.30. The summed E-state index contributed by atoms with van der Waals surface area (Å²) in [5, 5.41) is 1.69. The topological polar surface area (TPSA) is 55.1 Å². The van der Waals surface area contributed by atoms with Crippen molar-refractivity contribution in [1.82, 2.24) is 5.32 Å². The summed E-state index contributed by atoms with van der Waals surface area (Å²) in [5.74, 6) is -1.33. The molecule has 1 rings (SSSR count). The molecular weight excluding hydrogens is 252 g/mol. The van der Waals surface area contributed by atoms with E-state index in [2.05, 4.69) is 0 Å². The number of hydrogen-bond donors (Lipinski definition) is 2. The van der Waals surface area contributed by atoms with Crippen LogP contribution in [0.1, 0.15) is 5.56 Å². The predicted molar refractivity (Wildman–Crippen MR) is 57.1 cm³/mol. The number of nitrogens with one attached hydrogen (secondary N) is 1. The Kier molecular flexibility index (Phi) is 4.66. The van der Waals surface area contributed by atoms with Crippen molar-refractivity contribution >= 4 is 5.91 Å². The van der Waals surface area contributed by atoms with Crippen molar-refractivity contribution in [2.45, 2.75) is 18.6 Å². The molecule has 0 heterocycles. The first-order valence-electron chi connectivity index (χ1n) is 5.12. The highest BCUT2D eigenvalue weighted by Crippen LogP contribution is 2.12. The molecule has 1 atom stereocenters. The Labute approximate surface area is 101 Å². The molecule has 1 aromatic carbocycles. The SMILES string of the molecule is NC(Cc1ccc(F)cc1)C(=O)NCC(F)(F)F. The summed E-state index contributed by atoms with van der Waals surface area (Å²) in [5.41, 5.74) is 6.02. The van der Waals surface area contributed by atoms with Gasteiger partial charge in [-0.3, -0.25) is 4.79 Å². The van der Waals surface area contributed by atoms with Crippen molar-refractivity contribution in [3.63, 3.8) is 0 Å². The lowest BCUT2D eigenvalue weighted by molar-refractivity contribution is -0.139. The molecule has 1 aromatic rings. The molecule has 3 N–H and O–H groups in total. The molecule has 0 aliphatic carbocycles. The number of carbonyl (C=O) groups excluding carboxylic acids is 1. The standard InChI is InChI=1S/C11H12F4N2O/c12-8-3-1-7(2-4-8)5-9(16)10(18)17-6-11(13,14)15/h1-4,9H,5-6,16H2,(H,17,18). The third kappa shape index (κ3) is 5.13. The maximum absolute atomic E-state index is 12.6. The molecule has 0 spiro atoms. The van der Waals surface area contributed by atoms with Gasteiger partial charge in [0.2, 0.25) is 5.91 Å². The molecule has 0 aliphatic heterocycles. The number of alkyl halides is 3. The number of carbonyl (C=O) groups is 1. The van der Waals surface area contributed by atoms with E-state index in [1.165, 1.54) is 24.3 Å². The average molecular weight is 264 g/mol. The van der Waals surface area contributed by atoms with Crippen molar-refractivity contribution in [3.05, 3.63) is 35.6 Å². The maximum atomic E-state index is 12.6. The Bertz CT molecular complexity index is 402. The molecule has 0 saturated heterocycles. The molecule has 7 heteroatoms. The summed E-state index contributed by atoms with van der Waals surface area (Å²) in [7, 11) is 0. The van der Waals surface area contributed by atoms with Gasteiger partial charge >= 0.3 is 6.18 Å². The van der Waals surface area contributed by atoms with Gasteiger partial charge in [0, 0.05) is 0 Å². The molecule has 100 valence electrons. The van der Waals surface area contributed by atoms with Gasteiger partial charge < -0.3 is 11.1 Å². The van der Waals surface area contributed by atoms with E-state index in [-0.39, 0.29) is 6.42 Å². The zero-order valence-corrected chi connectivity index (χ0v) is 9.30. The van der Waals surface area contributed by atoms with Crippen LogP contribution in [0.15, 0.2) is 24.3 Å². The lowest BCUT2D eigenvalue weighted by Gasteiger charge is -2.13. The van der Waals surface area contributed by atoms with Gasteiger partial charge in [-0.1, -0.05) is 12.1 Å². The minimum atomic E-state index is -4.47. The third-order valence-electron chi connectivity index (χ3n) is 2.17. The van der Waals surface area contributed by atoms with Gasteiger partial charge in [-0.15, -0.1) is 0 Å². The molecule has 1 amide bonds. The fourth-order valence-corrected chi connectivity index (χ4v) is 1.29. The molecule has 1 unspecified atom stereocenters. The highest BCUT2D eigenvalue weighted by molar-refractivity contribution is 5.81. The van der Waals surface area contributed by atoms with Gasteiger partial charge in [-0.2, -0.15) is 13.2 Å². The Morgan fingerprint density at radius 1 is 1.28 bits per heavy atom. The van der Waals surface area contributed by atoms with Gasteiger partial charge in [0.15, 0.2) is 0 Å². The summed E-state index contributed by atoms with van der Waals surface area (Å²) in [6.45, 7) is -1.41. The van der Waals surface area contributed by atoms with E-state index in [0.29, 0.717) is 5.56 Å². The average Bonchev–Trinajstić information content (AvgIpc) is 2.28. The molecule has 0 aliphatic rings. The van der Waals surface area contributed by atoms with Crippen LogP contribution in [0.5, 0.6) is 0 Å². The maximum Gasteiger partial charge on any atom is 0.405 e. The Morgan fingerprint density at radius 2 is 1.83 bits per heavy atom. The smallest absolute Gasteiger partial charge is 0.346 e. The van der Waals surface area contributed by atoms with Gasteiger partial charge in [0.1, 0.15) is 12.4 Å². The van der Waals surface area contributed by atoms with E-state index >= 15 is 0 Å². The Hall–Kier alpha value is -1.63. The summed E-state index contributed by atoms with van der Waals surface area (Å²) in [4.78, 5) is 11.3. The minimum absolute atomic E-state index is 0.0456. The quantitative estimate of drug-likeness (QED) is 0.807. The normalized spacial score (nSPS) is 13.2. The van der Waals surface area contributed by atoms with Crippen LogP contribution in [0.25, 0.3) is 0 Å². The van der Waals surface area contributed by atoms with Crippen molar-refractivity contribution in [2.24, 2.45) is 5.73 Å². The lowest BCUT2D eigenvalue weighted by atomic mass is 10.1. The van der Waals surface area contributed by atoms with Crippen LogP contribution in [0, 0.1) is 5.82 Å². The molecule has 0 radical (unpaired) electrons. The van der Waals surface area contributed by atoms with Gasteiger partial charge in [0.25, 0.3) is 0 Å². The highest BCUT2D eigenvalue weighted by Gasteiger charge is 2.28. The fourth-order valence-electron chi connectivity index (χ4n) is 1.29. The first kappa shape index (κ1) is 14.4. The van der Waals surface area contributed by atoms with Crippen LogP contribution in [0.4, 0.5) is 17.6 Å². The summed E-state index contributed by atoms with van der Waals surface area (Å²) in [6, 6.07) is 4.13. The molecule has 3 nitrogen and oxygen atoms in total. The molecule has 0 fully saturated rings. The third-order valence-corrected chi connectivity index (χ3v) is 2.17. The second-order valence-corrected chi connectivity index (χ2v) is 3.77. The number of nitrogens with two attached hydrogens (primary N) is 1. The van der Waals surface area contributed by atoms with Gasteiger partial charge in [-0.25, -0.2) is 4.39 Å². The second-order valence-electron chi connectivity index (χ2n) is 3.77. The van der Waals surface area contributed by atoms with Crippen molar-refractivity contribution in [1.29, 1.82) is 0 Å². The molecule has 0 bridgehead atoms. The van der Waals surface area contributed by atoms with E-state index in [4.69, 9.17) is 5.73 Å². The van der Waals surface area contributed by atoms with E-state index < -0.39 is 30.5 Å². The largest absolute Gasteiger partial charge is 0.405 e. The van der Waals surface area contributed by atoms with Gasteiger partial charge in [0.05, 0.1) is 6.04 Å². The zero-order chi connectivity index (χ0) is 13.8. The van der Waals surface area contributed by atoms with E-state index in [1.54, 1.807) is 5.32 Å². The molecule has 18 heavy (non-hydrogen) atoms. The Morgan fingerprint density at radius 3 is 2.33 bits per heavy atom. The minimum Gasteiger partial charge on any atom is -0.346 e. The van der Waals surface area contributed by atoms with Crippen LogP contribution < -0.4 is 11.1 Å². The van der Waals surface area contributed by atoms with Crippen LogP contribution in [0.3, 0.4) is 0 Å². The van der Waals surface area contributed by atoms with Crippen LogP contribution in [-0.4, -0.2) is 24.7 Å². The van der Waals surface area contributed by atoms with Crippen LogP contribution in [0.2, 0.25) is 0 Å². The first-order chi connectivity index (χ1) is 8.28. The number of benzene rings is 1. The monoisotopic (exact) mass is 264 g/mol. The molecule has 0 saturated carbocycles. The number of halogens is 4. The summed E-state index contributed by atoms with van der Waals surface area (Å²) >= 11 is 0. The van der Waals surface area contributed by atoms with Crippen molar-refractivity contribution in [2.75, 3.05) is 6.54 Å². The van der Waals surface area contributed by atoms with Crippen LogP contribution >= 0.6 is 0 Å². The van der Waals surface area contributed by atoms with E-state index in [9.17, 15) is 22.4 Å². The summed E-state index contributed by atoms with van der Waals surface area (Å²) < 4.78 is 48.2. The number of amides is 1. The van der Waals surface area contributed by atoms with Crippen molar-refractivity contribution in [3.8, 4) is 0 Å². The lowest BCUT2D eigenvalue weighted by Crippen LogP contribution is -2.45. The second kappa shape index (κ2) is 5.81. The molecule has 0 aromatic heterocycles. The van der Waals surface area contributed by atoms with E-state index in [0.717, 1.165) is 0 Å². The number of hydrogen-bond acceptors (Lipinski definition) is 2. The van der Waals surface area contributed by atoms with Crippen molar-refractivity contribution < 1.29 is 22.4 Å². The van der Waals surface area contributed by atoms with Crippen LogP contribution in [-0.2, 0) is 11.2 Å². The highest BCUT2D eigenvalue weighted by atomic mass is 19.4. The van der Waals surface area contributed by atoms with E-state index in [1.807, 2.05) is 0 Å². The predicted octanol–water partition coefficient (Wildman–Crippen LogP) is 1.37. The first-order valence-corrected chi connectivity index (χ1v) is 5.12. The van der Waals surface area contributed by atoms with Gasteiger partial charge in [-0.05, 0) is 24.1 Å². The molecular formula is C11H12F4N2O. The fraction of sp³-hybridized carbons (Fsp3) is 0.364. The number of rotatable bonds is 4.